The smallest absolute Gasteiger partial charge is 0.244 e. The Labute approximate surface area is 115 Å². The lowest BCUT2D eigenvalue weighted by Gasteiger charge is -2.03. The predicted molar refractivity (Wildman–Crippen MR) is 74.0 cm³/mol. The zero-order chi connectivity index (χ0) is 13.4. The molecule has 0 amide bonds. The van der Waals surface area contributed by atoms with E-state index in [-0.39, 0.29) is 5.38 Å². The fourth-order valence-corrected chi connectivity index (χ4v) is 2.05. The Morgan fingerprint density at radius 1 is 1.21 bits per heavy atom. The van der Waals surface area contributed by atoms with Gasteiger partial charge in [0.25, 0.3) is 0 Å². The fraction of sp³-hybridized carbons (Fsp3) is 0.214. The topological polar surface area (TPSA) is 51.8 Å². The van der Waals surface area contributed by atoms with Crippen molar-refractivity contribution in [2.45, 2.75) is 19.2 Å². The molecule has 0 radical (unpaired) electrons. The van der Waals surface area contributed by atoms with Gasteiger partial charge in [-0.05, 0) is 31.5 Å². The first-order valence-corrected chi connectivity index (χ1v) is 6.43. The molecular weight excluding hydrogens is 262 g/mol. The summed E-state index contributed by atoms with van der Waals surface area (Å²) in [6, 6.07) is 9.93. The van der Waals surface area contributed by atoms with Crippen LogP contribution in [0.2, 0.25) is 0 Å². The third kappa shape index (κ3) is 2.19. The summed E-state index contributed by atoms with van der Waals surface area (Å²) in [5, 5.41) is 4.75. The SMILES string of the molecule is Cc1cc(-c2noc(C(C)Cl)n2)nc2ccccc12. The second-order valence-corrected chi connectivity index (χ2v) is 5.07. The van der Waals surface area contributed by atoms with Crippen LogP contribution in [0.4, 0.5) is 0 Å². The number of halogens is 1. The molecule has 0 bridgehead atoms. The van der Waals surface area contributed by atoms with E-state index in [1.165, 1.54) is 0 Å². The van der Waals surface area contributed by atoms with Crippen molar-refractivity contribution in [2.24, 2.45) is 0 Å². The monoisotopic (exact) mass is 273 g/mol. The van der Waals surface area contributed by atoms with Crippen molar-refractivity contribution < 1.29 is 4.52 Å². The highest BCUT2D eigenvalue weighted by Crippen LogP contribution is 2.24. The van der Waals surface area contributed by atoms with Crippen LogP contribution in [0, 0.1) is 6.92 Å². The van der Waals surface area contributed by atoms with Crippen LogP contribution < -0.4 is 0 Å². The number of fused-ring (bicyclic) bond motifs is 1. The first kappa shape index (κ1) is 12.1. The number of aryl methyl sites for hydroxylation is 1. The molecule has 2 aromatic heterocycles. The molecular formula is C14H12ClN3O. The zero-order valence-electron chi connectivity index (χ0n) is 10.6. The average Bonchev–Trinajstić information content (AvgIpc) is 2.88. The van der Waals surface area contributed by atoms with Crippen molar-refractivity contribution in [1.82, 2.24) is 15.1 Å². The Morgan fingerprint density at radius 3 is 2.74 bits per heavy atom. The number of rotatable bonds is 2. The van der Waals surface area contributed by atoms with Crippen LogP contribution in [-0.2, 0) is 0 Å². The van der Waals surface area contributed by atoms with Crippen LogP contribution >= 0.6 is 11.6 Å². The van der Waals surface area contributed by atoms with E-state index in [1.807, 2.05) is 37.3 Å². The number of hydrogen-bond acceptors (Lipinski definition) is 4. The summed E-state index contributed by atoms with van der Waals surface area (Å²) in [7, 11) is 0. The molecule has 2 heterocycles. The molecule has 0 aliphatic heterocycles. The van der Waals surface area contributed by atoms with Gasteiger partial charge in [0.05, 0.1) is 5.52 Å². The number of para-hydroxylation sites is 1. The first-order chi connectivity index (χ1) is 9.15. The molecule has 5 heteroatoms. The van der Waals surface area contributed by atoms with Crippen molar-refractivity contribution in [1.29, 1.82) is 0 Å². The van der Waals surface area contributed by atoms with E-state index < -0.39 is 0 Å². The van der Waals surface area contributed by atoms with Gasteiger partial charge < -0.3 is 4.52 Å². The molecule has 1 unspecified atom stereocenters. The summed E-state index contributed by atoms with van der Waals surface area (Å²) in [5.41, 5.74) is 2.75. The van der Waals surface area contributed by atoms with Crippen LogP contribution in [0.5, 0.6) is 0 Å². The average molecular weight is 274 g/mol. The Bertz CT molecular complexity index is 736. The van der Waals surface area contributed by atoms with Gasteiger partial charge in [0.1, 0.15) is 11.1 Å². The molecule has 3 aromatic rings. The Balaban J connectivity index is 2.14. The largest absolute Gasteiger partial charge is 0.337 e. The van der Waals surface area contributed by atoms with E-state index in [1.54, 1.807) is 6.92 Å². The first-order valence-electron chi connectivity index (χ1n) is 5.99. The molecule has 0 aliphatic rings. The lowest BCUT2D eigenvalue weighted by Crippen LogP contribution is -1.91. The van der Waals surface area contributed by atoms with Gasteiger partial charge >= 0.3 is 0 Å². The van der Waals surface area contributed by atoms with Crippen molar-refractivity contribution in [3.63, 3.8) is 0 Å². The minimum absolute atomic E-state index is 0.303. The van der Waals surface area contributed by atoms with Gasteiger partial charge in [0.2, 0.25) is 11.7 Å². The molecule has 0 saturated carbocycles. The van der Waals surface area contributed by atoms with E-state index in [0.717, 1.165) is 16.5 Å². The van der Waals surface area contributed by atoms with E-state index in [9.17, 15) is 0 Å². The highest BCUT2D eigenvalue weighted by molar-refractivity contribution is 6.20. The maximum Gasteiger partial charge on any atom is 0.244 e. The van der Waals surface area contributed by atoms with Crippen molar-refractivity contribution in [3.8, 4) is 11.5 Å². The molecule has 0 N–H and O–H groups in total. The van der Waals surface area contributed by atoms with Gasteiger partial charge in [-0.15, -0.1) is 11.6 Å². The fourth-order valence-electron chi connectivity index (χ4n) is 1.96. The molecule has 0 fully saturated rings. The van der Waals surface area contributed by atoms with E-state index in [4.69, 9.17) is 16.1 Å². The maximum absolute atomic E-state index is 5.91. The number of hydrogen-bond donors (Lipinski definition) is 0. The van der Waals surface area contributed by atoms with E-state index in [2.05, 4.69) is 15.1 Å². The van der Waals surface area contributed by atoms with Crippen LogP contribution in [-0.4, -0.2) is 15.1 Å². The van der Waals surface area contributed by atoms with Gasteiger partial charge in [-0.3, -0.25) is 0 Å². The molecule has 0 saturated heterocycles. The quantitative estimate of drug-likeness (QED) is 0.665. The Hall–Kier alpha value is -1.94. The maximum atomic E-state index is 5.91. The van der Waals surface area contributed by atoms with Gasteiger partial charge in [-0.25, -0.2) is 4.98 Å². The van der Waals surface area contributed by atoms with Gasteiger partial charge in [-0.2, -0.15) is 4.98 Å². The van der Waals surface area contributed by atoms with Crippen LogP contribution in [0.1, 0.15) is 23.8 Å². The molecule has 1 atom stereocenters. The lowest BCUT2D eigenvalue weighted by molar-refractivity contribution is 0.379. The zero-order valence-corrected chi connectivity index (χ0v) is 11.3. The normalized spacial score (nSPS) is 12.8. The molecule has 0 aliphatic carbocycles. The molecule has 0 spiro atoms. The number of nitrogens with zero attached hydrogens (tertiary/aromatic N) is 3. The summed E-state index contributed by atoms with van der Waals surface area (Å²) < 4.78 is 5.10. The minimum Gasteiger partial charge on any atom is -0.337 e. The van der Waals surface area contributed by atoms with E-state index >= 15 is 0 Å². The second kappa shape index (κ2) is 4.63. The number of pyridine rings is 1. The molecule has 3 rings (SSSR count). The van der Waals surface area contributed by atoms with Crippen LogP contribution in [0.15, 0.2) is 34.9 Å². The van der Waals surface area contributed by atoms with Crippen molar-refractivity contribution >= 4 is 22.5 Å². The summed E-state index contributed by atoms with van der Waals surface area (Å²) >= 11 is 5.91. The summed E-state index contributed by atoms with van der Waals surface area (Å²) in [4.78, 5) is 8.81. The third-order valence-corrected chi connectivity index (χ3v) is 3.12. The van der Waals surface area contributed by atoms with Crippen LogP contribution in [0.25, 0.3) is 22.4 Å². The van der Waals surface area contributed by atoms with Gasteiger partial charge in [0, 0.05) is 5.39 Å². The summed E-state index contributed by atoms with van der Waals surface area (Å²) in [6.07, 6.45) is 0. The minimum atomic E-state index is -0.303. The molecule has 1 aromatic carbocycles. The summed E-state index contributed by atoms with van der Waals surface area (Å²) in [6.45, 7) is 3.83. The highest BCUT2D eigenvalue weighted by atomic mass is 35.5. The highest BCUT2D eigenvalue weighted by Gasteiger charge is 2.14. The van der Waals surface area contributed by atoms with Crippen LogP contribution in [0.3, 0.4) is 0 Å². The standard InChI is InChI=1S/C14H12ClN3O/c1-8-7-12(13-17-14(9(2)15)19-18-13)16-11-6-4-3-5-10(8)11/h3-7,9H,1-2H3. The van der Waals surface area contributed by atoms with Crippen molar-refractivity contribution in [3.05, 3.63) is 41.8 Å². The lowest BCUT2D eigenvalue weighted by atomic mass is 10.1. The number of alkyl halides is 1. The predicted octanol–water partition coefficient (Wildman–Crippen LogP) is 3.89. The Morgan fingerprint density at radius 2 is 2.00 bits per heavy atom. The van der Waals surface area contributed by atoms with E-state index in [0.29, 0.717) is 17.4 Å². The molecule has 19 heavy (non-hydrogen) atoms. The van der Waals surface area contributed by atoms with Gasteiger partial charge in [-0.1, -0.05) is 23.4 Å². The third-order valence-electron chi connectivity index (χ3n) is 2.93. The Kier molecular flexibility index (Phi) is 2.95. The number of aromatic nitrogens is 3. The summed E-state index contributed by atoms with van der Waals surface area (Å²) in [5.74, 6) is 0.876. The van der Waals surface area contributed by atoms with Gasteiger partial charge in [0.15, 0.2) is 0 Å². The molecule has 96 valence electrons. The number of benzene rings is 1. The molecule has 4 nitrogen and oxygen atoms in total. The van der Waals surface area contributed by atoms with Crippen molar-refractivity contribution in [2.75, 3.05) is 0 Å². The second-order valence-electron chi connectivity index (χ2n) is 4.41.